The molecule has 7 heteroatoms. The Kier molecular flexibility index (Phi) is 3.14. The molecule has 4 rings (SSSR count). The average Bonchev–Trinajstić information content (AvgIpc) is 3.02. The molecule has 1 aromatic carbocycles. The minimum Gasteiger partial charge on any atom is -0.476 e. The molecule has 0 radical (unpaired) electrons. The standard InChI is InChI=1S/C16H16N4O3/c21-15-13-5-12(13)8-19(15)6-10-1-3-11(4-2-10)7-20-9-14(16(22)23)17-18-20/h1-4,9,12-13H,5-8H2,(H,22,23). The Morgan fingerprint density at radius 3 is 2.48 bits per heavy atom. The first kappa shape index (κ1) is 13.9. The van der Waals surface area contributed by atoms with Gasteiger partial charge in [-0.3, -0.25) is 4.79 Å². The molecule has 2 unspecified atom stereocenters. The first-order valence-corrected chi connectivity index (χ1v) is 7.60. The zero-order chi connectivity index (χ0) is 16.0. The number of nitrogens with zero attached hydrogens (tertiary/aromatic N) is 4. The van der Waals surface area contributed by atoms with E-state index in [1.54, 1.807) is 0 Å². The van der Waals surface area contributed by atoms with E-state index in [1.165, 1.54) is 10.9 Å². The van der Waals surface area contributed by atoms with E-state index in [2.05, 4.69) is 10.3 Å². The highest BCUT2D eigenvalue weighted by atomic mass is 16.4. The first-order valence-electron chi connectivity index (χ1n) is 7.60. The van der Waals surface area contributed by atoms with Crippen molar-refractivity contribution in [1.29, 1.82) is 0 Å². The van der Waals surface area contributed by atoms with Crippen LogP contribution in [0.5, 0.6) is 0 Å². The van der Waals surface area contributed by atoms with Crippen LogP contribution in [-0.4, -0.2) is 43.4 Å². The van der Waals surface area contributed by atoms with Gasteiger partial charge in [0.2, 0.25) is 5.91 Å². The molecule has 1 saturated carbocycles. The smallest absolute Gasteiger partial charge is 0.358 e. The number of rotatable bonds is 5. The van der Waals surface area contributed by atoms with Gasteiger partial charge in [0, 0.05) is 19.0 Å². The average molecular weight is 312 g/mol. The van der Waals surface area contributed by atoms with Gasteiger partial charge in [-0.15, -0.1) is 5.10 Å². The minimum atomic E-state index is -1.08. The van der Waals surface area contributed by atoms with Crippen LogP contribution in [0, 0.1) is 11.8 Å². The number of carbonyl (C=O) groups excluding carboxylic acids is 1. The van der Waals surface area contributed by atoms with Crippen molar-refractivity contribution in [3.63, 3.8) is 0 Å². The third-order valence-electron chi connectivity index (χ3n) is 4.51. The molecule has 2 atom stereocenters. The Labute approximate surface area is 132 Å². The molecule has 118 valence electrons. The number of amides is 1. The molecule has 0 spiro atoms. The van der Waals surface area contributed by atoms with Crippen LogP contribution in [0.15, 0.2) is 30.5 Å². The van der Waals surface area contributed by atoms with Gasteiger partial charge in [-0.25, -0.2) is 9.48 Å². The number of carboxylic acids is 1. The highest BCUT2D eigenvalue weighted by molar-refractivity contribution is 5.85. The van der Waals surface area contributed by atoms with Gasteiger partial charge >= 0.3 is 5.97 Å². The lowest BCUT2D eigenvalue weighted by Gasteiger charge is -2.18. The topological polar surface area (TPSA) is 88.3 Å². The minimum absolute atomic E-state index is 0.0623. The largest absolute Gasteiger partial charge is 0.476 e. The number of carbonyl (C=O) groups is 2. The fourth-order valence-electron chi connectivity index (χ4n) is 3.13. The molecule has 2 aliphatic rings. The highest BCUT2D eigenvalue weighted by Gasteiger charge is 2.51. The Balaban J connectivity index is 1.39. The van der Waals surface area contributed by atoms with Crippen molar-refractivity contribution in [1.82, 2.24) is 19.9 Å². The highest BCUT2D eigenvalue weighted by Crippen LogP contribution is 2.46. The van der Waals surface area contributed by atoms with Crippen molar-refractivity contribution >= 4 is 11.9 Å². The molecule has 0 bridgehead atoms. The third kappa shape index (κ3) is 2.69. The predicted octanol–water partition coefficient (Wildman–Crippen LogP) is 1.00. The lowest BCUT2D eigenvalue weighted by molar-refractivity contribution is -0.130. The van der Waals surface area contributed by atoms with Gasteiger partial charge in [-0.2, -0.15) is 0 Å². The summed E-state index contributed by atoms with van der Waals surface area (Å²) >= 11 is 0. The zero-order valence-corrected chi connectivity index (χ0v) is 12.4. The summed E-state index contributed by atoms with van der Waals surface area (Å²) in [4.78, 5) is 24.7. The molecule has 2 heterocycles. The maximum Gasteiger partial charge on any atom is 0.358 e. The molecule has 7 nitrogen and oxygen atoms in total. The summed E-state index contributed by atoms with van der Waals surface area (Å²) in [5.41, 5.74) is 2.05. The molecular weight excluding hydrogens is 296 g/mol. The molecule has 1 saturated heterocycles. The van der Waals surface area contributed by atoms with Crippen LogP contribution in [0.3, 0.4) is 0 Å². The van der Waals surface area contributed by atoms with Crippen molar-refractivity contribution < 1.29 is 14.7 Å². The first-order chi connectivity index (χ1) is 11.1. The van der Waals surface area contributed by atoms with Crippen molar-refractivity contribution in [2.75, 3.05) is 6.54 Å². The molecule has 1 aliphatic heterocycles. The number of aromatic carboxylic acids is 1. The number of hydrogen-bond donors (Lipinski definition) is 1. The van der Waals surface area contributed by atoms with Crippen LogP contribution in [0.25, 0.3) is 0 Å². The van der Waals surface area contributed by atoms with E-state index in [9.17, 15) is 9.59 Å². The maximum absolute atomic E-state index is 12.0. The Morgan fingerprint density at radius 1 is 1.22 bits per heavy atom. The number of carboxylic acid groups (broad SMARTS) is 1. The van der Waals surface area contributed by atoms with Crippen LogP contribution < -0.4 is 0 Å². The molecule has 1 aromatic heterocycles. The second-order valence-electron chi connectivity index (χ2n) is 6.24. The summed E-state index contributed by atoms with van der Waals surface area (Å²) in [6.07, 6.45) is 2.48. The van der Waals surface area contributed by atoms with Gasteiger partial charge in [0.1, 0.15) is 0 Å². The Morgan fingerprint density at radius 2 is 1.91 bits per heavy atom. The van der Waals surface area contributed by atoms with E-state index in [-0.39, 0.29) is 5.69 Å². The number of likely N-dealkylation sites (tertiary alicyclic amines) is 1. The fraction of sp³-hybridized carbons (Fsp3) is 0.375. The Hall–Kier alpha value is -2.70. The number of aromatic nitrogens is 3. The quantitative estimate of drug-likeness (QED) is 0.890. The van der Waals surface area contributed by atoms with Crippen molar-refractivity contribution in [2.45, 2.75) is 19.5 Å². The van der Waals surface area contributed by atoms with Crippen LogP contribution in [0.2, 0.25) is 0 Å². The van der Waals surface area contributed by atoms with E-state index >= 15 is 0 Å². The summed E-state index contributed by atoms with van der Waals surface area (Å²) in [5, 5.41) is 16.2. The van der Waals surface area contributed by atoms with Crippen LogP contribution in [0.4, 0.5) is 0 Å². The van der Waals surface area contributed by atoms with E-state index in [4.69, 9.17) is 5.11 Å². The molecule has 2 fully saturated rings. The summed E-state index contributed by atoms with van der Waals surface area (Å²) in [6, 6.07) is 7.95. The summed E-state index contributed by atoms with van der Waals surface area (Å²) < 4.78 is 1.50. The predicted molar refractivity (Wildman–Crippen MR) is 79.5 cm³/mol. The molecular formula is C16H16N4O3. The molecule has 1 amide bonds. The van der Waals surface area contributed by atoms with Crippen molar-refractivity contribution in [2.24, 2.45) is 11.8 Å². The normalized spacial score (nSPS) is 22.3. The second kappa shape index (κ2) is 5.19. The Bertz CT molecular complexity index is 768. The number of hydrogen-bond acceptors (Lipinski definition) is 4. The van der Waals surface area contributed by atoms with Gasteiger partial charge in [0.25, 0.3) is 0 Å². The van der Waals surface area contributed by atoms with E-state index in [0.29, 0.717) is 30.8 Å². The van der Waals surface area contributed by atoms with Gasteiger partial charge in [-0.05, 0) is 23.5 Å². The fourth-order valence-corrected chi connectivity index (χ4v) is 3.13. The molecule has 23 heavy (non-hydrogen) atoms. The maximum atomic E-state index is 12.0. The second-order valence-corrected chi connectivity index (χ2v) is 6.24. The van der Waals surface area contributed by atoms with Gasteiger partial charge < -0.3 is 10.0 Å². The van der Waals surface area contributed by atoms with Crippen LogP contribution in [-0.2, 0) is 17.9 Å². The van der Waals surface area contributed by atoms with E-state index in [1.807, 2.05) is 29.2 Å². The monoisotopic (exact) mass is 312 g/mol. The lowest BCUT2D eigenvalue weighted by atomic mass is 10.1. The number of benzene rings is 1. The zero-order valence-electron chi connectivity index (χ0n) is 12.4. The molecule has 2 aromatic rings. The van der Waals surface area contributed by atoms with Crippen LogP contribution in [0.1, 0.15) is 28.0 Å². The lowest BCUT2D eigenvalue weighted by Crippen LogP contribution is -2.27. The van der Waals surface area contributed by atoms with Gasteiger partial charge in [0.05, 0.1) is 12.7 Å². The number of piperidine rings is 1. The third-order valence-corrected chi connectivity index (χ3v) is 4.51. The van der Waals surface area contributed by atoms with E-state index < -0.39 is 5.97 Å². The molecule has 1 N–H and O–H groups in total. The van der Waals surface area contributed by atoms with Gasteiger partial charge in [-0.1, -0.05) is 29.5 Å². The van der Waals surface area contributed by atoms with Gasteiger partial charge in [0.15, 0.2) is 5.69 Å². The summed E-state index contributed by atoms with van der Waals surface area (Å²) in [6.45, 7) is 2.02. The molecule has 1 aliphatic carbocycles. The number of fused-ring (bicyclic) bond motifs is 1. The van der Waals surface area contributed by atoms with Crippen molar-refractivity contribution in [3.05, 3.63) is 47.3 Å². The summed E-state index contributed by atoms with van der Waals surface area (Å²) in [5.74, 6) is 0.102. The SMILES string of the molecule is O=C(O)c1cn(Cc2ccc(CN3CC4CC4C3=O)cc2)nn1. The van der Waals surface area contributed by atoms with Crippen LogP contribution >= 0.6 is 0 Å². The van der Waals surface area contributed by atoms with E-state index in [0.717, 1.165) is 24.1 Å². The van der Waals surface area contributed by atoms with Crippen molar-refractivity contribution in [3.8, 4) is 0 Å². The summed E-state index contributed by atoms with van der Waals surface area (Å²) in [7, 11) is 0.